The number of aromatic nitrogens is 3. The van der Waals surface area contributed by atoms with E-state index in [4.69, 9.17) is 10.7 Å². The van der Waals surface area contributed by atoms with E-state index in [0.717, 1.165) is 108 Å². The van der Waals surface area contributed by atoms with Crippen LogP contribution < -0.4 is 31.7 Å². The van der Waals surface area contributed by atoms with Gasteiger partial charge < -0.3 is 45.2 Å². The first-order valence-corrected chi connectivity index (χ1v) is 22.0. The summed E-state index contributed by atoms with van der Waals surface area (Å²) >= 11 is 0. The number of nitrogens with one attached hydrogen (secondary N) is 2. The van der Waals surface area contributed by atoms with Crippen molar-refractivity contribution in [3.05, 3.63) is 82.5 Å². The van der Waals surface area contributed by atoms with Crippen LogP contribution in [0.15, 0.2) is 65.7 Å². The molecule has 5 saturated heterocycles. The van der Waals surface area contributed by atoms with E-state index in [1.807, 2.05) is 30.1 Å². The molecule has 2 aromatic carbocycles. The van der Waals surface area contributed by atoms with Gasteiger partial charge in [-0.25, -0.2) is 14.8 Å². The van der Waals surface area contributed by atoms with Gasteiger partial charge in [-0.3, -0.25) is 19.7 Å². The van der Waals surface area contributed by atoms with Gasteiger partial charge in [0.05, 0.1) is 12.2 Å². The monoisotopic (exact) mass is 831 g/mol. The summed E-state index contributed by atoms with van der Waals surface area (Å²) in [5.41, 5.74) is 9.28. The first kappa shape index (κ1) is 40.8. The zero-order chi connectivity index (χ0) is 42.2. The summed E-state index contributed by atoms with van der Waals surface area (Å²) < 4.78 is 1.46. The Labute approximate surface area is 355 Å². The quantitative estimate of drug-likeness (QED) is 0.134. The Balaban J connectivity index is 0.755. The topological polar surface area (TPSA) is 186 Å². The van der Waals surface area contributed by atoms with Crippen molar-refractivity contribution in [1.82, 2.24) is 34.6 Å². The number of anilines is 4. The normalized spacial score (nSPS) is 22.9. The highest BCUT2D eigenvalue weighted by Crippen LogP contribution is 2.33. The minimum Gasteiger partial charge on any atom is -0.373 e. The first-order chi connectivity index (χ1) is 29.6. The Morgan fingerprint density at radius 1 is 0.885 bits per heavy atom. The number of benzene rings is 2. The summed E-state index contributed by atoms with van der Waals surface area (Å²) in [4.78, 5) is 70.4. The minimum absolute atomic E-state index is 0.0807. The van der Waals surface area contributed by atoms with Crippen LogP contribution in [0.4, 0.5) is 27.8 Å². The number of hydrogen-bond acceptors (Lipinski definition) is 12. The Hall–Kier alpha value is -5.58. The van der Waals surface area contributed by atoms with E-state index < -0.39 is 18.2 Å². The smallest absolute Gasteiger partial charge is 0.320 e. The van der Waals surface area contributed by atoms with Gasteiger partial charge in [-0.15, -0.1) is 0 Å². The molecule has 3 atom stereocenters. The lowest BCUT2D eigenvalue weighted by Gasteiger charge is -2.38. The third-order valence-electron chi connectivity index (χ3n) is 13.7. The van der Waals surface area contributed by atoms with Crippen LogP contribution >= 0.6 is 0 Å². The number of fused-ring (bicyclic) bond motifs is 1. The molecular formula is C45H57N11O5. The van der Waals surface area contributed by atoms with Crippen molar-refractivity contribution in [2.75, 3.05) is 81.1 Å². The Morgan fingerprint density at radius 3 is 2.39 bits per heavy atom. The number of nitrogens with two attached hydrogens (primary N) is 1. The van der Waals surface area contributed by atoms with Crippen molar-refractivity contribution in [3.63, 3.8) is 0 Å². The van der Waals surface area contributed by atoms with Crippen LogP contribution in [0, 0.1) is 5.92 Å². The summed E-state index contributed by atoms with van der Waals surface area (Å²) in [5.74, 6) is 1.54. The van der Waals surface area contributed by atoms with Crippen molar-refractivity contribution in [3.8, 4) is 0 Å². The van der Waals surface area contributed by atoms with Crippen molar-refractivity contribution in [2.45, 2.75) is 75.6 Å². The number of piperidine rings is 4. The predicted octanol–water partition coefficient (Wildman–Crippen LogP) is 3.89. The lowest BCUT2D eigenvalue weighted by molar-refractivity contribution is -0.135. The number of imide groups is 1. The van der Waals surface area contributed by atoms with Gasteiger partial charge in [-0.1, -0.05) is 12.1 Å². The minimum atomic E-state index is -1.28. The molecule has 61 heavy (non-hydrogen) atoms. The summed E-state index contributed by atoms with van der Waals surface area (Å²) in [6.45, 7) is 8.19. The van der Waals surface area contributed by atoms with Crippen molar-refractivity contribution >= 4 is 51.6 Å². The largest absolute Gasteiger partial charge is 0.373 e. The molecule has 0 saturated carbocycles. The van der Waals surface area contributed by atoms with Gasteiger partial charge in [0.2, 0.25) is 11.8 Å². The van der Waals surface area contributed by atoms with E-state index in [1.54, 1.807) is 17.3 Å². The van der Waals surface area contributed by atoms with E-state index >= 15 is 0 Å². The fourth-order valence-corrected chi connectivity index (χ4v) is 10.1. The lowest BCUT2D eigenvalue weighted by Crippen LogP contribution is -2.49. The molecule has 2 aromatic heterocycles. The molecule has 16 nitrogen and oxygen atoms in total. The molecule has 0 spiro atoms. The molecular weight excluding hydrogens is 775 g/mol. The maximum Gasteiger partial charge on any atom is 0.320 e. The lowest BCUT2D eigenvalue weighted by atomic mass is 9.88. The second-order valence-electron chi connectivity index (χ2n) is 17.6. The van der Waals surface area contributed by atoms with E-state index in [1.165, 1.54) is 10.1 Å². The van der Waals surface area contributed by atoms with Gasteiger partial charge in [-0.05, 0) is 117 Å². The highest BCUT2D eigenvalue weighted by Gasteiger charge is 2.35. The second kappa shape index (κ2) is 17.4. The van der Waals surface area contributed by atoms with Crippen LogP contribution in [0.25, 0.3) is 10.8 Å². The number of likely N-dealkylation sites (N-methyl/N-ethyl adjacent to an activating group) is 1. The predicted molar refractivity (Wildman–Crippen MR) is 234 cm³/mol. The summed E-state index contributed by atoms with van der Waals surface area (Å²) in [7, 11) is 1.85. The van der Waals surface area contributed by atoms with Crippen LogP contribution in [0.5, 0.6) is 0 Å². The molecule has 4 amide bonds. The van der Waals surface area contributed by atoms with Gasteiger partial charge in [0, 0.05) is 82.2 Å². The van der Waals surface area contributed by atoms with Crippen molar-refractivity contribution < 1.29 is 19.5 Å². The molecule has 16 heteroatoms. The summed E-state index contributed by atoms with van der Waals surface area (Å²) in [6, 6.07) is 15.9. The number of nitrogens with zero attached hydrogens (tertiary/aromatic N) is 8. The van der Waals surface area contributed by atoms with E-state index in [-0.39, 0.29) is 35.7 Å². The Morgan fingerprint density at radius 2 is 1.67 bits per heavy atom. The van der Waals surface area contributed by atoms with Gasteiger partial charge in [-0.2, -0.15) is 0 Å². The van der Waals surface area contributed by atoms with E-state index in [9.17, 15) is 24.3 Å². The third-order valence-corrected chi connectivity index (χ3v) is 13.7. The number of carbonyl (C=O) groups is 3. The number of hydrogen-bond donors (Lipinski definition) is 4. The number of carbonyl (C=O) groups excluding carboxylic acids is 3. The molecule has 322 valence electrons. The van der Waals surface area contributed by atoms with Gasteiger partial charge in [0.25, 0.3) is 5.56 Å². The molecule has 0 radical (unpaired) electrons. The highest BCUT2D eigenvalue weighted by atomic mass is 16.3. The molecule has 5 aliphatic heterocycles. The van der Waals surface area contributed by atoms with Crippen LogP contribution in [0.2, 0.25) is 0 Å². The molecule has 2 unspecified atom stereocenters. The number of pyridine rings is 1. The number of aliphatic hydroxyl groups excluding tert-OH is 1. The summed E-state index contributed by atoms with van der Waals surface area (Å²) in [5, 5.41) is 17.5. The van der Waals surface area contributed by atoms with Crippen LogP contribution in [0.3, 0.4) is 0 Å². The standard InChI is InChI=1S/C45H57N11O5/c1-51-23-24-55(45(51)61)35-3-2-17-54(28-35)38-26-47-40(41(46)58)42(49-38)48-33-6-4-30(5-7-33)31-14-18-52(19-15-31)27-29-12-20-53(21-13-29)34-8-9-36-32(25-34)16-22-56(44(36)60)37-10-11-39(57)50-43(37)59/h4-9,16,22,25-26,29,31,35,37,41,58H,2-3,10-15,17-21,23-24,27-28,46H2,1H3,(H,48,49)(H,50,57,59)/t35-,37?,41?/m1/s1. The number of amides is 4. The number of urea groups is 1. The van der Waals surface area contributed by atoms with Gasteiger partial charge in [0.1, 0.15) is 23.8 Å². The van der Waals surface area contributed by atoms with Crippen LogP contribution in [-0.4, -0.2) is 124 Å². The number of likely N-dealkylation sites (tertiary alicyclic amines) is 1. The average Bonchev–Trinajstić information content (AvgIpc) is 3.61. The molecule has 9 rings (SSSR count). The molecule has 0 aliphatic carbocycles. The zero-order valence-electron chi connectivity index (χ0n) is 34.9. The highest BCUT2D eigenvalue weighted by molar-refractivity contribution is 5.99. The fraction of sp³-hybridized carbons (Fsp3) is 0.511. The van der Waals surface area contributed by atoms with Gasteiger partial charge in [0.15, 0.2) is 5.82 Å². The molecule has 4 aromatic rings. The molecule has 5 N–H and O–H groups in total. The van der Waals surface area contributed by atoms with Crippen LogP contribution in [0.1, 0.15) is 80.8 Å². The summed E-state index contributed by atoms with van der Waals surface area (Å²) in [6.07, 6.45) is 8.99. The maximum atomic E-state index is 13.3. The number of aliphatic hydroxyl groups is 1. The number of rotatable bonds is 10. The molecule has 5 fully saturated rings. The van der Waals surface area contributed by atoms with Gasteiger partial charge >= 0.3 is 6.03 Å². The maximum absolute atomic E-state index is 13.3. The molecule has 5 aliphatic rings. The van der Waals surface area contributed by atoms with E-state index in [2.05, 4.69) is 60.6 Å². The molecule has 0 bridgehead atoms. The van der Waals surface area contributed by atoms with Crippen LogP contribution in [-0.2, 0) is 9.59 Å². The zero-order valence-corrected chi connectivity index (χ0v) is 34.9. The second-order valence-corrected chi connectivity index (χ2v) is 17.6. The average molecular weight is 832 g/mol. The SMILES string of the molecule is CN1CCN([C@@H]2CCCN(c3cnc(C(N)O)c(Nc4ccc(C5CCN(CC6CCN(c7ccc8c(=O)n(C9CCC(=O)NC9=O)ccc8c7)CC6)CC5)cc4)n3)C2)C1=O. The van der Waals surface area contributed by atoms with E-state index in [0.29, 0.717) is 41.8 Å². The first-order valence-electron chi connectivity index (χ1n) is 22.0. The molecule has 7 heterocycles. The third kappa shape index (κ3) is 8.66. The Kier molecular flexibility index (Phi) is 11.7. The fourth-order valence-electron chi connectivity index (χ4n) is 10.1. The van der Waals surface area contributed by atoms with Crippen molar-refractivity contribution in [1.29, 1.82) is 0 Å². The van der Waals surface area contributed by atoms with Crippen molar-refractivity contribution in [2.24, 2.45) is 11.7 Å². The Bertz CT molecular complexity index is 2320.